The number of nitriles is 2. The SMILES string of the molecule is N#CC1CC(F)(F)CN1C(=O)CNC(=O)c1ccnc2ccc(OCCCCNC(=O)CC[C@H](NC(=O)CCOCCOCCN)C(=O)NCCCCOc3ccc4nccc(C(=O)NCC(=O)N5CC(F)(F)CC5C#N)c4c3)cc12. The number of hydrogen-bond donors (Lipinski definition) is 6. The maximum absolute atomic E-state index is 13.9. The molecule has 0 bridgehead atoms. The van der Waals surface area contributed by atoms with Crippen molar-refractivity contribution in [3.8, 4) is 23.6 Å². The minimum Gasteiger partial charge on any atom is -0.494 e. The fraction of sp³-hybridized carbons (Fsp3) is 0.500. The average molecular weight is 1130 g/mol. The summed E-state index contributed by atoms with van der Waals surface area (Å²) in [5, 5.41) is 32.5. The molecule has 81 heavy (non-hydrogen) atoms. The summed E-state index contributed by atoms with van der Waals surface area (Å²) in [6.45, 7) is -0.759. The molecule has 7 amide bonds. The summed E-state index contributed by atoms with van der Waals surface area (Å²) in [7, 11) is 0. The van der Waals surface area contributed by atoms with Crippen LogP contribution >= 0.6 is 0 Å². The first-order valence-electron chi connectivity index (χ1n) is 26.3. The second kappa shape index (κ2) is 30.4. The lowest BCUT2D eigenvalue weighted by Crippen LogP contribution is -2.47. The van der Waals surface area contributed by atoms with Crippen LogP contribution < -0.4 is 41.8 Å². The Balaban J connectivity index is 0.916. The number of amides is 7. The van der Waals surface area contributed by atoms with Crippen LogP contribution in [0.2, 0.25) is 0 Å². The van der Waals surface area contributed by atoms with Gasteiger partial charge in [-0.25, -0.2) is 17.6 Å². The molecule has 2 aromatic heterocycles. The molecule has 27 heteroatoms. The number of benzene rings is 2. The standard InChI is InChI=1S/C54H64F4N12O11/c55-53(56)27-35(29-60)69(33-53)48(73)31-66-50(75)39-11-17-62-43-7-5-37(25-41(39)43)80-19-3-1-15-64-46(71)10-9-45(68-47(72)13-21-78-23-24-79-22-14-59)52(77)65-16-2-4-20-81-38-6-8-44-42(26-38)40(12-18-63-44)51(76)67-32-49(74)70-34-54(57,58)28-36(70)30-61/h5-8,11-12,17-18,25-26,35-36,45H,1-4,9-10,13-16,19-24,27-28,31-34,59H2,(H,64,71)(H,65,77)(H,66,75)(H,67,76)(H,68,72)/t35?,36?,45-/m0/s1. The van der Waals surface area contributed by atoms with Crippen LogP contribution in [0, 0.1) is 22.7 Å². The number of nitrogens with one attached hydrogen (secondary N) is 5. The van der Waals surface area contributed by atoms with Gasteiger partial charge in [0.05, 0.1) is 100 Å². The quantitative estimate of drug-likeness (QED) is 0.0312. The van der Waals surface area contributed by atoms with E-state index >= 15 is 0 Å². The number of fused-ring (bicyclic) bond motifs is 2. The van der Waals surface area contributed by atoms with E-state index in [1.807, 2.05) is 0 Å². The van der Waals surface area contributed by atoms with Crippen LogP contribution in [-0.2, 0) is 33.4 Å². The predicted octanol–water partition coefficient (Wildman–Crippen LogP) is 2.66. The van der Waals surface area contributed by atoms with Gasteiger partial charge in [0.2, 0.25) is 29.5 Å². The van der Waals surface area contributed by atoms with Crippen molar-refractivity contribution in [3.63, 3.8) is 0 Å². The third-order valence-electron chi connectivity index (χ3n) is 12.9. The second-order valence-corrected chi connectivity index (χ2v) is 19.1. The fourth-order valence-corrected chi connectivity index (χ4v) is 8.79. The molecule has 2 saturated heterocycles. The highest BCUT2D eigenvalue weighted by atomic mass is 19.3. The maximum Gasteiger partial charge on any atom is 0.268 e. The molecule has 0 saturated carbocycles. The lowest BCUT2D eigenvalue weighted by atomic mass is 10.1. The molecule has 4 aromatic rings. The molecule has 2 aliphatic rings. The lowest BCUT2D eigenvalue weighted by molar-refractivity contribution is -0.132. The zero-order chi connectivity index (χ0) is 58.4. The molecule has 2 aromatic carbocycles. The number of nitrogens with zero attached hydrogens (tertiary/aromatic N) is 6. The van der Waals surface area contributed by atoms with Crippen LogP contribution in [0.5, 0.6) is 11.5 Å². The number of nitrogens with two attached hydrogens (primary N) is 1. The maximum atomic E-state index is 13.9. The molecule has 2 fully saturated rings. The number of hydrogen-bond acceptors (Lipinski definition) is 16. The molecule has 6 rings (SSSR count). The van der Waals surface area contributed by atoms with Crippen LogP contribution in [0.3, 0.4) is 0 Å². The van der Waals surface area contributed by atoms with E-state index in [1.54, 1.807) is 48.5 Å². The summed E-state index contributed by atoms with van der Waals surface area (Å²) >= 11 is 0. The van der Waals surface area contributed by atoms with Gasteiger partial charge in [0.25, 0.3) is 23.7 Å². The highest BCUT2D eigenvalue weighted by molar-refractivity contribution is 6.08. The summed E-state index contributed by atoms with van der Waals surface area (Å²) in [4.78, 5) is 101. The van der Waals surface area contributed by atoms with E-state index in [0.717, 1.165) is 9.80 Å². The number of ether oxygens (including phenoxy) is 4. The van der Waals surface area contributed by atoms with Gasteiger partial charge in [-0.1, -0.05) is 0 Å². The molecular formula is C54H64F4N12O11. The van der Waals surface area contributed by atoms with Gasteiger partial charge >= 0.3 is 0 Å². The van der Waals surface area contributed by atoms with Crippen LogP contribution in [-0.4, -0.2) is 177 Å². The van der Waals surface area contributed by atoms with Crippen molar-refractivity contribution in [2.75, 3.05) is 85.5 Å². The van der Waals surface area contributed by atoms with Crippen molar-refractivity contribution in [2.45, 2.75) is 87.8 Å². The average Bonchev–Trinajstić information content (AvgIpc) is 3.98. The highest BCUT2D eigenvalue weighted by Crippen LogP contribution is 2.33. The molecular weight excluding hydrogens is 1070 g/mol. The molecule has 0 aliphatic carbocycles. The molecule has 3 atom stereocenters. The summed E-state index contributed by atoms with van der Waals surface area (Å²) in [5.74, 6) is -9.86. The largest absolute Gasteiger partial charge is 0.494 e. The highest BCUT2D eigenvalue weighted by Gasteiger charge is 2.48. The topological polar surface area (TPSA) is 322 Å². The number of likely N-dealkylation sites (tertiary alicyclic amines) is 2. The molecule has 7 N–H and O–H groups in total. The first-order valence-corrected chi connectivity index (χ1v) is 26.3. The van der Waals surface area contributed by atoms with Gasteiger partial charge in [-0.3, -0.25) is 43.5 Å². The van der Waals surface area contributed by atoms with Crippen molar-refractivity contribution in [2.24, 2.45) is 5.73 Å². The number of rotatable bonds is 31. The molecule has 2 aliphatic heterocycles. The third kappa shape index (κ3) is 18.9. The van der Waals surface area contributed by atoms with E-state index in [-0.39, 0.29) is 75.8 Å². The lowest BCUT2D eigenvalue weighted by Gasteiger charge is -2.19. The third-order valence-corrected chi connectivity index (χ3v) is 12.9. The van der Waals surface area contributed by atoms with Crippen LogP contribution in [0.1, 0.15) is 78.5 Å². The Morgan fingerprint density at radius 2 is 1.12 bits per heavy atom. The van der Waals surface area contributed by atoms with Crippen molar-refractivity contribution in [1.29, 1.82) is 10.5 Å². The Morgan fingerprint density at radius 1 is 0.630 bits per heavy atom. The number of aromatic nitrogens is 2. The van der Waals surface area contributed by atoms with Crippen molar-refractivity contribution >= 4 is 63.2 Å². The molecule has 4 heterocycles. The first-order chi connectivity index (χ1) is 38.9. The number of alkyl halides is 4. The zero-order valence-electron chi connectivity index (χ0n) is 44.3. The predicted molar refractivity (Wildman–Crippen MR) is 281 cm³/mol. The minimum absolute atomic E-state index is 0.0122. The normalized spacial score (nSPS) is 16.4. The van der Waals surface area contributed by atoms with E-state index in [0.29, 0.717) is 78.7 Å². The van der Waals surface area contributed by atoms with Gasteiger partial charge in [-0.05, 0) is 80.6 Å². The Hall–Kier alpha value is -8.27. The van der Waals surface area contributed by atoms with Crippen LogP contribution in [0.25, 0.3) is 21.8 Å². The van der Waals surface area contributed by atoms with Gasteiger partial charge in [0.15, 0.2) is 0 Å². The summed E-state index contributed by atoms with van der Waals surface area (Å²) in [6.07, 6.45) is 3.07. The monoisotopic (exact) mass is 1130 g/mol. The molecule has 2 unspecified atom stereocenters. The van der Waals surface area contributed by atoms with Crippen molar-refractivity contribution < 1.29 is 70.1 Å². The summed E-state index contributed by atoms with van der Waals surface area (Å²) < 4.78 is 78.0. The van der Waals surface area contributed by atoms with E-state index in [4.69, 9.17) is 24.7 Å². The van der Waals surface area contributed by atoms with Gasteiger partial charge in [0, 0.05) is 68.5 Å². The number of unbranched alkanes of at least 4 members (excludes halogenated alkanes) is 2. The number of halogens is 4. The van der Waals surface area contributed by atoms with Crippen LogP contribution in [0.15, 0.2) is 60.9 Å². The summed E-state index contributed by atoms with van der Waals surface area (Å²) in [6, 6.07) is 12.4. The Bertz CT molecular complexity index is 2960. The van der Waals surface area contributed by atoms with Crippen molar-refractivity contribution in [3.05, 3.63) is 72.1 Å². The van der Waals surface area contributed by atoms with Crippen LogP contribution in [0.4, 0.5) is 17.6 Å². The zero-order valence-corrected chi connectivity index (χ0v) is 44.3. The molecule has 0 spiro atoms. The Kier molecular flexibility index (Phi) is 23.2. The Labute approximate surface area is 463 Å². The summed E-state index contributed by atoms with van der Waals surface area (Å²) in [5.41, 5.74) is 6.63. The van der Waals surface area contributed by atoms with Crippen molar-refractivity contribution in [1.82, 2.24) is 46.4 Å². The van der Waals surface area contributed by atoms with E-state index in [1.165, 1.54) is 24.5 Å². The van der Waals surface area contributed by atoms with Gasteiger partial charge in [0.1, 0.15) is 29.6 Å². The smallest absolute Gasteiger partial charge is 0.268 e. The number of carbonyl (C=O) groups excluding carboxylic acids is 7. The second-order valence-electron chi connectivity index (χ2n) is 19.1. The molecule has 0 radical (unpaired) electrons. The number of pyridine rings is 2. The number of carbonyl (C=O) groups is 7. The Morgan fingerprint density at radius 3 is 1.62 bits per heavy atom. The van der Waals surface area contributed by atoms with E-state index in [9.17, 15) is 61.6 Å². The van der Waals surface area contributed by atoms with E-state index < -0.39 is 104 Å². The van der Waals surface area contributed by atoms with Gasteiger partial charge in [-0.2, -0.15) is 10.5 Å². The molecule has 434 valence electrons. The minimum atomic E-state index is -3.20. The van der Waals surface area contributed by atoms with Gasteiger partial charge < -0.3 is 61.1 Å². The fourth-order valence-electron chi connectivity index (χ4n) is 8.79. The van der Waals surface area contributed by atoms with E-state index in [2.05, 4.69) is 36.6 Å². The van der Waals surface area contributed by atoms with Gasteiger partial charge in [-0.15, -0.1) is 0 Å². The first kappa shape index (κ1) is 61.9. The molecule has 23 nitrogen and oxygen atoms in total.